The number of amides is 1. The van der Waals surface area contributed by atoms with E-state index in [-0.39, 0.29) is 30.4 Å². The molecule has 0 saturated heterocycles. The van der Waals surface area contributed by atoms with Crippen LogP contribution in [0, 0.1) is 11.6 Å². The zero-order valence-corrected chi connectivity index (χ0v) is 22.3. The number of rotatable bonds is 7. The highest BCUT2D eigenvalue weighted by Gasteiger charge is 2.28. The molecule has 5 heterocycles. The summed E-state index contributed by atoms with van der Waals surface area (Å²) in [5, 5.41) is 21.1. The maximum Gasteiger partial charge on any atom is 0.246 e. The third kappa shape index (κ3) is 4.44. The maximum atomic E-state index is 15.7. The number of carbonyl (C=O) groups is 1. The summed E-state index contributed by atoms with van der Waals surface area (Å²) in [4.78, 5) is 18.9. The molecule has 1 aliphatic heterocycles. The molecule has 0 spiro atoms. The molecule has 6 rings (SSSR count). The molecule has 4 aromatic heterocycles. The molecule has 0 fully saturated rings. The summed E-state index contributed by atoms with van der Waals surface area (Å²) in [6.07, 6.45) is 4.82. The maximum absolute atomic E-state index is 15.7. The number of benzene rings is 1. The van der Waals surface area contributed by atoms with Crippen LogP contribution < -0.4 is 4.74 Å². The molecule has 1 aliphatic rings. The average molecular weight is 563 g/mol. The normalized spacial score (nSPS) is 13.1. The lowest BCUT2D eigenvalue weighted by atomic mass is 9.97. The Kier molecular flexibility index (Phi) is 6.64. The molecule has 9 nitrogen and oxygen atoms in total. The van der Waals surface area contributed by atoms with Crippen LogP contribution in [-0.2, 0) is 24.9 Å². The summed E-state index contributed by atoms with van der Waals surface area (Å²) in [6, 6.07) is 5.63. The molecule has 1 aromatic carbocycles. The highest BCUT2D eigenvalue weighted by Crippen LogP contribution is 2.47. The van der Waals surface area contributed by atoms with Crippen LogP contribution in [0.5, 0.6) is 5.75 Å². The first-order chi connectivity index (χ1) is 19.4. The van der Waals surface area contributed by atoms with E-state index in [1.807, 2.05) is 30.8 Å². The van der Waals surface area contributed by atoms with Crippen molar-refractivity contribution in [3.63, 3.8) is 0 Å². The Balaban J connectivity index is 1.63. The van der Waals surface area contributed by atoms with Crippen LogP contribution in [0.1, 0.15) is 5.69 Å². The van der Waals surface area contributed by atoms with Crippen LogP contribution in [-0.4, -0.2) is 60.2 Å². The van der Waals surface area contributed by atoms with Gasteiger partial charge in [-0.15, -0.1) is 11.3 Å². The average Bonchev–Trinajstić information content (AvgIpc) is 3.70. The Bertz CT molecular complexity index is 1780. The summed E-state index contributed by atoms with van der Waals surface area (Å²) in [5.41, 5.74) is 3.45. The quantitative estimate of drug-likeness (QED) is 0.295. The Labute approximate surface area is 231 Å². The van der Waals surface area contributed by atoms with E-state index in [1.54, 1.807) is 20.5 Å². The van der Waals surface area contributed by atoms with Gasteiger partial charge >= 0.3 is 0 Å². The van der Waals surface area contributed by atoms with Crippen molar-refractivity contribution < 1.29 is 23.4 Å². The summed E-state index contributed by atoms with van der Waals surface area (Å²) < 4.78 is 39.8. The number of hydrogen-bond donors (Lipinski definition) is 1. The van der Waals surface area contributed by atoms with Crippen molar-refractivity contribution >= 4 is 27.3 Å². The third-order valence-electron chi connectivity index (χ3n) is 6.73. The van der Waals surface area contributed by atoms with Gasteiger partial charge in [-0.05, 0) is 23.6 Å². The number of nitrogens with zero attached hydrogens (tertiary/aromatic N) is 6. The summed E-state index contributed by atoms with van der Waals surface area (Å²) >= 11 is 1.39. The number of aromatic nitrogens is 5. The van der Waals surface area contributed by atoms with Gasteiger partial charge in [0.05, 0.1) is 42.8 Å². The lowest BCUT2D eigenvalue weighted by Crippen LogP contribution is -2.37. The number of fused-ring (bicyclic) bond motifs is 2. The zero-order chi connectivity index (χ0) is 28.0. The number of thiophene rings is 1. The Morgan fingerprint density at radius 3 is 2.83 bits per heavy atom. The molecule has 0 unspecified atom stereocenters. The van der Waals surface area contributed by atoms with Crippen LogP contribution >= 0.6 is 11.3 Å². The largest absolute Gasteiger partial charge is 0.490 e. The Morgan fingerprint density at radius 1 is 1.23 bits per heavy atom. The van der Waals surface area contributed by atoms with Crippen LogP contribution in [0.4, 0.5) is 8.78 Å². The van der Waals surface area contributed by atoms with Crippen molar-refractivity contribution in [1.29, 1.82) is 0 Å². The number of hydrogen-bond acceptors (Lipinski definition) is 7. The minimum absolute atomic E-state index is 0.0250. The second-order valence-corrected chi connectivity index (χ2v) is 10.2. The SMILES string of the molecule is C=CC(=O)N1CCn2nc(-c3nc(-c4cnn(C)c4)c4ccsc4c3-c3c(F)cc(F)cc3OCCO)cc2C1. The molecule has 5 aromatic rings. The first-order valence-electron chi connectivity index (χ1n) is 12.5. The van der Waals surface area contributed by atoms with Gasteiger partial charge in [0.1, 0.15) is 35.4 Å². The van der Waals surface area contributed by atoms with Crippen molar-refractivity contribution in [3.05, 3.63) is 72.0 Å². The van der Waals surface area contributed by atoms with Gasteiger partial charge < -0.3 is 14.7 Å². The predicted octanol–water partition coefficient (Wildman–Crippen LogP) is 4.40. The third-order valence-corrected chi connectivity index (χ3v) is 7.66. The molecule has 204 valence electrons. The van der Waals surface area contributed by atoms with E-state index in [0.29, 0.717) is 47.0 Å². The first kappa shape index (κ1) is 25.8. The smallest absolute Gasteiger partial charge is 0.246 e. The van der Waals surface area contributed by atoms with E-state index in [1.165, 1.54) is 17.4 Å². The predicted molar refractivity (Wildman–Crippen MR) is 147 cm³/mol. The Morgan fingerprint density at radius 2 is 2.08 bits per heavy atom. The lowest BCUT2D eigenvalue weighted by Gasteiger charge is -2.26. The topological polar surface area (TPSA) is 98.3 Å². The summed E-state index contributed by atoms with van der Waals surface area (Å²) in [6.45, 7) is 4.37. The van der Waals surface area contributed by atoms with Crippen molar-refractivity contribution in [3.8, 4) is 39.5 Å². The van der Waals surface area contributed by atoms with Gasteiger partial charge in [-0.2, -0.15) is 10.2 Å². The van der Waals surface area contributed by atoms with Crippen molar-refractivity contribution in [1.82, 2.24) is 29.4 Å². The fraction of sp³-hybridized carbons (Fsp3) is 0.214. The van der Waals surface area contributed by atoms with Gasteiger partial charge in [-0.3, -0.25) is 14.2 Å². The molecule has 1 N–H and O–H groups in total. The van der Waals surface area contributed by atoms with E-state index < -0.39 is 11.6 Å². The molecule has 12 heteroatoms. The second kappa shape index (κ2) is 10.3. The molecule has 0 atom stereocenters. The fourth-order valence-corrected chi connectivity index (χ4v) is 5.92. The molecule has 0 bridgehead atoms. The number of ether oxygens (including phenoxy) is 1. The van der Waals surface area contributed by atoms with Gasteiger partial charge in [-0.1, -0.05) is 6.58 Å². The van der Waals surface area contributed by atoms with Crippen molar-refractivity contribution in [2.24, 2.45) is 7.05 Å². The van der Waals surface area contributed by atoms with Gasteiger partial charge in [0.15, 0.2) is 0 Å². The van der Waals surface area contributed by atoms with E-state index in [2.05, 4.69) is 11.7 Å². The van der Waals surface area contributed by atoms with Gasteiger partial charge in [0, 0.05) is 53.1 Å². The second-order valence-electron chi connectivity index (χ2n) is 9.29. The van der Waals surface area contributed by atoms with Crippen LogP contribution in [0.15, 0.2) is 54.7 Å². The number of aliphatic hydroxyl groups excluding tert-OH is 1. The highest BCUT2D eigenvalue weighted by molar-refractivity contribution is 7.18. The van der Waals surface area contributed by atoms with E-state index in [4.69, 9.17) is 14.8 Å². The zero-order valence-electron chi connectivity index (χ0n) is 21.5. The number of aryl methyl sites for hydroxylation is 1. The number of carbonyl (C=O) groups excluding carboxylic acids is 1. The molecule has 0 radical (unpaired) electrons. The number of halogens is 2. The van der Waals surface area contributed by atoms with Crippen molar-refractivity contribution in [2.75, 3.05) is 19.8 Å². The number of aliphatic hydroxyl groups is 1. The van der Waals surface area contributed by atoms with Crippen molar-refractivity contribution in [2.45, 2.75) is 13.1 Å². The van der Waals surface area contributed by atoms with Crippen LogP contribution in [0.2, 0.25) is 0 Å². The number of pyridine rings is 1. The fourth-order valence-electron chi connectivity index (χ4n) is 4.97. The minimum Gasteiger partial charge on any atom is -0.490 e. The highest BCUT2D eigenvalue weighted by atomic mass is 32.1. The molecule has 0 saturated carbocycles. The van der Waals surface area contributed by atoms with Gasteiger partial charge in [-0.25, -0.2) is 13.8 Å². The molecule has 0 aliphatic carbocycles. The Hall–Kier alpha value is -4.42. The van der Waals surface area contributed by atoms with Gasteiger partial charge in [0.25, 0.3) is 0 Å². The molecular weight excluding hydrogens is 538 g/mol. The van der Waals surface area contributed by atoms with Crippen LogP contribution in [0.3, 0.4) is 0 Å². The molecule has 1 amide bonds. The molecular formula is C28H24F2N6O3S. The summed E-state index contributed by atoms with van der Waals surface area (Å²) in [5.74, 6) is -1.86. The summed E-state index contributed by atoms with van der Waals surface area (Å²) in [7, 11) is 1.81. The lowest BCUT2D eigenvalue weighted by molar-refractivity contribution is -0.127. The molecule has 40 heavy (non-hydrogen) atoms. The van der Waals surface area contributed by atoms with E-state index in [9.17, 15) is 14.3 Å². The van der Waals surface area contributed by atoms with E-state index >= 15 is 4.39 Å². The standard InChI is InChI=1S/C28H24F2N6O3S/c1-3-23(38)35-5-6-36-18(15-35)12-21(33-36)27-25(24-20(30)10-17(29)11-22(24)39-8-7-37)28-19(4-9-40-28)26(32-27)16-13-31-34(2)14-16/h3-4,9-14,37H,1,5-8,15H2,2H3. The van der Waals surface area contributed by atoms with E-state index in [0.717, 1.165) is 28.8 Å². The monoisotopic (exact) mass is 562 g/mol. The van der Waals surface area contributed by atoms with Crippen LogP contribution in [0.25, 0.3) is 43.9 Å². The minimum atomic E-state index is -0.827. The van der Waals surface area contributed by atoms with Gasteiger partial charge in [0.2, 0.25) is 5.91 Å². The first-order valence-corrected chi connectivity index (χ1v) is 13.4.